The highest BCUT2D eigenvalue weighted by molar-refractivity contribution is 7.11. The molecule has 0 aliphatic carbocycles. The van der Waals surface area contributed by atoms with Crippen molar-refractivity contribution in [2.24, 2.45) is 0 Å². The molecule has 0 aliphatic rings. The maximum atomic E-state index is 6.07. The van der Waals surface area contributed by atoms with Gasteiger partial charge in [0.15, 0.2) is 0 Å². The lowest BCUT2D eigenvalue weighted by Crippen LogP contribution is -2.15. The van der Waals surface area contributed by atoms with Gasteiger partial charge in [-0.25, -0.2) is 0 Å². The van der Waals surface area contributed by atoms with Crippen LogP contribution < -0.4 is 10.6 Å². The van der Waals surface area contributed by atoms with E-state index in [1.165, 1.54) is 17.1 Å². The second-order valence-electron chi connectivity index (χ2n) is 4.83. The fourth-order valence-electron chi connectivity index (χ4n) is 2.26. The third kappa shape index (κ3) is 2.87. The van der Waals surface area contributed by atoms with Crippen molar-refractivity contribution >= 4 is 22.4 Å². The average Bonchev–Trinajstić information content (AvgIpc) is 2.91. The molecule has 3 aromatic rings. The summed E-state index contributed by atoms with van der Waals surface area (Å²) in [6.45, 7) is 0.796. The van der Waals surface area contributed by atoms with Gasteiger partial charge in [-0.2, -0.15) is 4.37 Å². The van der Waals surface area contributed by atoms with E-state index in [0.717, 1.165) is 22.7 Å². The standard InChI is InChI=1S/C16H16N4S/c1-20(11-12-7-9-18-10-8-12)16-14(15(17)19-21-16)13-5-3-2-4-6-13/h2-10H,11H2,1H3,(H2,17,19). The molecule has 21 heavy (non-hydrogen) atoms. The van der Waals surface area contributed by atoms with Crippen LogP contribution in [0.4, 0.5) is 10.8 Å². The Morgan fingerprint density at radius 1 is 1.10 bits per heavy atom. The van der Waals surface area contributed by atoms with E-state index in [0.29, 0.717) is 5.82 Å². The van der Waals surface area contributed by atoms with E-state index in [9.17, 15) is 0 Å². The molecule has 0 spiro atoms. The van der Waals surface area contributed by atoms with Gasteiger partial charge >= 0.3 is 0 Å². The van der Waals surface area contributed by atoms with Crippen LogP contribution in [0.1, 0.15) is 5.56 Å². The number of hydrogen-bond acceptors (Lipinski definition) is 5. The van der Waals surface area contributed by atoms with Crippen molar-refractivity contribution in [2.45, 2.75) is 6.54 Å². The van der Waals surface area contributed by atoms with Crippen LogP contribution in [0.5, 0.6) is 0 Å². The zero-order chi connectivity index (χ0) is 14.7. The van der Waals surface area contributed by atoms with E-state index in [2.05, 4.69) is 33.4 Å². The minimum absolute atomic E-state index is 0.586. The van der Waals surface area contributed by atoms with Crippen molar-refractivity contribution in [3.05, 3.63) is 60.4 Å². The largest absolute Gasteiger partial charge is 0.382 e. The first-order valence-corrected chi connectivity index (χ1v) is 7.43. The van der Waals surface area contributed by atoms with Crippen molar-refractivity contribution in [3.8, 4) is 11.1 Å². The minimum Gasteiger partial charge on any atom is -0.382 e. The zero-order valence-electron chi connectivity index (χ0n) is 11.7. The number of pyridine rings is 1. The first kappa shape index (κ1) is 13.6. The van der Waals surface area contributed by atoms with Gasteiger partial charge in [-0.15, -0.1) is 0 Å². The van der Waals surface area contributed by atoms with Gasteiger partial charge in [-0.3, -0.25) is 4.98 Å². The molecular weight excluding hydrogens is 280 g/mol. The second kappa shape index (κ2) is 5.93. The van der Waals surface area contributed by atoms with Crippen molar-refractivity contribution in [3.63, 3.8) is 0 Å². The second-order valence-corrected chi connectivity index (χ2v) is 5.58. The number of nitrogens with two attached hydrogens (primary N) is 1. The molecule has 0 fully saturated rings. The smallest absolute Gasteiger partial charge is 0.147 e. The van der Waals surface area contributed by atoms with Crippen molar-refractivity contribution < 1.29 is 0 Å². The van der Waals surface area contributed by atoms with Gasteiger partial charge < -0.3 is 10.6 Å². The van der Waals surface area contributed by atoms with Crippen molar-refractivity contribution in [1.82, 2.24) is 9.36 Å². The van der Waals surface area contributed by atoms with E-state index in [1.807, 2.05) is 42.7 Å². The van der Waals surface area contributed by atoms with E-state index in [1.54, 1.807) is 0 Å². The highest BCUT2D eigenvalue weighted by Gasteiger charge is 2.16. The Morgan fingerprint density at radius 3 is 2.52 bits per heavy atom. The molecule has 5 heteroatoms. The normalized spacial score (nSPS) is 10.5. The van der Waals surface area contributed by atoms with E-state index in [4.69, 9.17) is 5.73 Å². The summed E-state index contributed by atoms with van der Waals surface area (Å²) in [7, 11) is 2.06. The van der Waals surface area contributed by atoms with Crippen LogP contribution in [-0.4, -0.2) is 16.4 Å². The Kier molecular flexibility index (Phi) is 3.83. The summed E-state index contributed by atoms with van der Waals surface area (Å²) < 4.78 is 4.32. The number of aromatic nitrogens is 2. The molecule has 106 valence electrons. The topological polar surface area (TPSA) is 55.0 Å². The molecule has 4 nitrogen and oxygen atoms in total. The number of anilines is 2. The van der Waals surface area contributed by atoms with Crippen LogP contribution >= 0.6 is 11.5 Å². The predicted molar refractivity (Wildman–Crippen MR) is 88.3 cm³/mol. The molecule has 0 aliphatic heterocycles. The fourth-order valence-corrected chi connectivity index (χ4v) is 3.06. The number of benzene rings is 1. The summed E-state index contributed by atoms with van der Waals surface area (Å²) in [5.41, 5.74) is 9.38. The van der Waals surface area contributed by atoms with Crippen LogP contribution in [0.3, 0.4) is 0 Å². The van der Waals surface area contributed by atoms with Crippen LogP contribution in [0.15, 0.2) is 54.9 Å². The van der Waals surface area contributed by atoms with Crippen LogP contribution in [0, 0.1) is 0 Å². The maximum Gasteiger partial charge on any atom is 0.147 e. The lowest BCUT2D eigenvalue weighted by Gasteiger charge is -2.18. The highest BCUT2D eigenvalue weighted by atomic mass is 32.1. The van der Waals surface area contributed by atoms with Crippen LogP contribution in [0.25, 0.3) is 11.1 Å². The molecule has 2 N–H and O–H groups in total. The fraction of sp³-hybridized carbons (Fsp3) is 0.125. The van der Waals surface area contributed by atoms with Gasteiger partial charge in [0.2, 0.25) is 0 Å². The van der Waals surface area contributed by atoms with Gasteiger partial charge in [0.1, 0.15) is 10.8 Å². The quantitative estimate of drug-likeness (QED) is 0.801. The summed E-state index contributed by atoms with van der Waals surface area (Å²) in [4.78, 5) is 6.22. The molecule has 0 radical (unpaired) electrons. The number of nitrogen functional groups attached to an aromatic ring is 1. The Labute approximate surface area is 128 Å². The number of rotatable bonds is 4. The molecule has 2 heterocycles. The Balaban J connectivity index is 1.93. The average molecular weight is 296 g/mol. The Bertz CT molecular complexity index is 710. The predicted octanol–water partition coefficient (Wildman–Crippen LogP) is 3.42. The summed E-state index contributed by atoms with van der Waals surface area (Å²) in [5, 5.41) is 1.08. The van der Waals surface area contributed by atoms with Gasteiger partial charge in [0, 0.05) is 26.0 Å². The molecule has 0 saturated heterocycles. The lowest BCUT2D eigenvalue weighted by atomic mass is 10.1. The molecule has 0 unspecified atom stereocenters. The molecule has 0 bridgehead atoms. The van der Waals surface area contributed by atoms with Gasteiger partial charge in [0.25, 0.3) is 0 Å². The molecular formula is C16H16N4S. The summed E-state index contributed by atoms with van der Waals surface area (Å²) in [5.74, 6) is 0.586. The third-order valence-electron chi connectivity index (χ3n) is 3.28. The van der Waals surface area contributed by atoms with Crippen molar-refractivity contribution in [2.75, 3.05) is 17.7 Å². The number of hydrogen-bond donors (Lipinski definition) is 1. The summed E-state index contributed by atoms with van der Waals surface area (Å²) >= 11 is 1.43. The van der Waals surface area contributed by atoms with Crippen LogP contribution in [0.2, 0.25) is 0 Å². The number of nitrogens with zero attached hydrogens (tertiary/aromatic N) is 3. The summed E-state index contributed by atoms with van der Waals surface area (Å²) in [6.07, 6.45) is 3.62. The Hall–Kier alpha value is -2.40. The van der Waals surface area contributed by atoms with Crippen LogP contribution in [-0.2, 0) is 6.54 Å². The first-order chi connectivity index (χ1) is 10.3. The van der Waals surface area contributed by atoms with E-state index < -0.39 is 0 Å². The minimum atomic E-state index is 0.586. The third-order valence-corrected chi connectivity index (χ3v) is 4.26. The zero-order valence-corrected chi connectivity index (χ0v) is 12.5. The molecule has 0 saturated carbocycles. The van der Waals surface area contributed by atoms with Crippen molar-refractivity contribution in [1.29, 1.82) is 0 Å². The molecule has 1 aromatic carbocycles. The lowest BCUT2D eigenvalue weighted by molar-refractivity contribution is 0.932. The van der Waals surface area contributed by atoms with Gasteiger partial charge in [-0.1, -0.05) is 30.3 Å². The first-order valence-electron chi connectivity index (χ1n) is 6.66. The Morgan fingerprint density at radius 2 is 1.81 bits per heavy atom. The molecule has 0 atom stereocenters. The highest BCUT2D eigenvalue weighted by Crippen LogP contribution is 2.39. The summed E-state index contributed by atoms with van der Waals surface area (Å²) in [6, 6.07) is 14.2. The molecule has 0 amide bonds. The van der Waals surface area contributed by atoms with E-state index >= 15 is 0 Å². The maximum absolute atomic E-state index is 6.07. The SMILES string of the molecule is CN(Cc1ccncc1)c1snc(N)c1-c1ccccc1. The van der Waals surface area contributed by atoms with E-state index in [-0.39, 0.29) is 0 Å². The molecule has 3 rings (SSSR count). The monoisotopic (exact) mass is 296 g/mol. The van der Waals surface area contributed by atoms with Gasteiger partial charge in [0.05, 0.1) is 5.56 Å². The molecule has 2 aromatic heterocycles. The van der Waals surface area contributed by atoms with Gasteiger partial charge in [-0.05, 0) is 34.8 Å².